The second-order valence-electron chi connectivity index (χ2n) is 5.30. The van der Waals surface area contributed by atoms with E-state index in [9.17, 15) is 5.26 Å². The molecule has 0 amide bonds. The van der Waals surface area contributed by atoms with Crippen molar-refractivity contribution < 1.29 is 4.74 Å². The molecular weight excluding hydrogens is 288 g/mol. The van der Waals surface area contributed by atoms with Gasteiger partial charge in [0, 0.05) is 0 Å². The molecule has 0 fully saturated rings. The zero-order valence-corrected chi connectivity index (χ0v) is 13.0. The van der Waals surface area contributed by atoms with Crippen molar-refractivity contribution in [3.8, 4) is 17.5 Å². The molecule has 3 rings (SSSR count). The monoisotopic (exact) mass is 304 g/mol. The Morgan fingerprint density at radius 3 is 2.65 bits per heavy atom. The van der Waals surface area contributed by atoms with Crippen molar-refractivity contribution in [2.75, 3.05) is 0 Å². The van der Waals surface area contributed by atoms with Gasteiger partial charge in [0.05, 0.1) is 5.69 Å². The Balaban J connectivity index is 1.92. The number of ether oxygens (including phenoxy) is 1. The fraction of sp³-hybridized carbons (Fsp3) is 0.167. The van der Waals surface area contributed by atoms with Crippen molar-refractivity contribution in [3.05, 3.63) is 71.0 Å². The van der Waals surface area contributed by atoms with Gasteiger partial charge in [-0.3, -0.25) is 0 Å². The van der Waals surface area contributed by atoms with Gasteiger partial charge >= 0.3 is 0 Å². The van der Waals surface area contributed by atoms with E-state index in [0.29, 0.717) is 5.69 Å². The molecule has 1 aromatic heterocycles. The second-order valence-corrected chi connectivity index (χ2v) is 5.30. The minimum absolute atomic E-state index is 0.231. The Kier molecular flexibility index (Phi) is 4.07. The summed E-state index contributed by atoms with van der Waals surface area (Å²) >= 11 is 0. The van der Waals surface area contributed by atoms with Crippen LogP contribution in [0.3, 0.4) is 0 Å². The standard InChI is InChI=1S/C18H16N4O/c1-13-8-9-14(2)18(10-13)23-12-17-16(11-19)20-21-22(17)15-6-4-3-5-7-15/h3-10H,12H2,1-2H3. The van der Waals surface area contributed by atoms with Gasteiger partial charge in [0.25, 0.3) is 0 Å². The molecule has 0 saturated carbocycles. The van der Waals surface area contributed by atoms with E-state index in [0.717, 1.165) is 22.6 Å². The van der Waals surface area contributed by atoms with Crippen molar-refractivity contribution in [2.45, 2.75) is 20.5 Å². The van der Waals surface area contributed by atoms with Crippen LogP contribution >= 0.6 is 0 Å². The third-order valence-electron chi connectivity index (χ3n) is 3.58. The molecule has 0 spiro atoms. The zero-order valence-electron chi connectivity index (χ0n) is 13.0. The minimum atomic E-state index is 0.231. The third kappa shape index (κ3) is 3.06. The summed E-state index contributed by atoms with van der Waals surface area (Å²) in [6, 6.07) is 17.7. The van der Waals surface area contributed by atoms with Gasteiger partial charge in [-0.1, -0.05) is 35.5 Å². The van der Waals surface area contributed by atoms with Crippen molar-refractivity contribution in [2.24, 2.45) is 0 Å². The van der Waals surface area contributed by atoms with E-state index in [1.165, 1.54) is 0 Å². The molecule has 0 bridgehead atoms. The number of hydrogen-bond acceptors (Lipinski definition) is 4. The average molecular weight is 304 g/mol. The Bertz CT molecular complexity index is 862. The molecule has 0 aliphatic carbocycles. The molecule has 0 aliphatic rings. The highest BCUT2D eigenvalue weighted by Gasteiger charge is 2.15. The number of rotatable bonds is 4. The van der Waals surface area contributed by atoms with Crippen LogP contribution in [0.5, 0.6) is 5.75 Å². The fourth-order valence-electron chi connectivity index (χ4n) is 2.30. The van der Waals surface area contributed by atoms with Crippen LogP contribution in [0.1, 0.15) is 22.5 Å². The summed E-state index contributed by atoms with van der Waals surface area (Å²) in [6.07, 6.45) is 0. The highest BCUT2D eigenvalue weighted by Crippen LogP contribution is 2.21. The topological polar surface area (TPSA) is 63.7 Å². The lowest BCUT2D eigenvalue weighted by atomic mass is 10.1. The molecular formula is C18H16N4O. The number of aromatic nitrogens is 3. The molecule has 0 aliphatic heterocycles. The number of benzene rings is 2. The van der Waals surface area contributed by atoms with Crippen molar-refractivity contribution in [3.63, 3.8) is 0 Å². The predicted molar refractivity (Wildman–Crippen MR) is 86.3 cm³/mol. The van der Waals surface area contributed by atoms with Gasteiger partial charge in [-0.05, 0) is 43.2 Å². The molecule has 3 aromatic rings. The number of hydrogen-bond donors (Lipinski definition) is 0. The van der Waals surface area contributed by atoms with Gasteiger partial charge in [-0.25, -0.2) is 4.68 Å². The van der Waals surface area contributed by atoms with E-state index in [2.05, 4.69) is 16.4 Å². The van der Waals surface area contributed by atoms with Crippen molar-refractivity contribution in [1.82, 2.24) is 15.0 Å². The van der Waals surface area contributed by atoms with Gasteiger partial charge < -0.3 is 4.74 Å². The molecule has 0 atom stereocenters. The van der Waals surface area contributed by atoms with E-state index in [-0.39, 0.29) is 12.3 Å². The molecule has 0 unspecified atom stereocenters. The van der Waals surface area contributed by atoms with Crippen LogP contribution in [0.4, 0.5) is 0 Å². The average Bonchev–Trinajstić information content (AvgIpc) is 2.99. The van der Waals surface area contributed by atoms with E-state index < -0.39 is 0 Å². The van der Waals surface area contributed by atoms with Crippen molar-refractivity contribution in [1.29, 1.82) is 5.26 Å². The first kappa shape index (κ1) is 14.8. The molecule has 114 valence electrons. The fourth-order valence-corrected chi connectivity index (χ4v) is 2.30. The maximum Gasteiger partial charge on any atom is 0.189 e. The summed E-state index contributed by atoms with van der Waals surface area (Å²) in [6.45, 7) is 4.24. The zero-order chi connectivity index (χ0) is 16.2. The van der Waals surface area contributed by atoms with E-state index in [1.54, 1.807) is 4.68 Å². The lowest BCUT2D eigenvalue weighted by molar-refractivity contribution is 0.295. The van der Waals surface area contributed by atoms with E-state index in [1.807, 2.05) is 62.4 Å². The van der Waals surface area contributed by atoms with Crippen LogP contribution in [0.2, 0.25) is 0 Å². The first-order valence-electron chi connectivity index (χ1n) is 7.29. The Morgan fingerprint density at radius 2 is 1.91 bits per heavy atom. The Morgan fingerprint density at radius 1 is 1.13 bits per heavy atom. The first-order chi connectivity index (χ1) is 11.2. The van der Waals surface area contributed by atoms with Crippen LogP contribution in [0, 0.1) is 25.2 Å². The smallest absolute Gasteiger partial charge is 0.189 e. The number of nitriles is 1. The van der Waals surface area contributed by atoms with E-state index >= 15 is 0 Å². The molecule has 0 saturated heterocycles. The second kappa shape index (κ2) is 6.32. The van der Waals surface area contributed by atoms with Gasteiger partial charge in [0.15, 0.2) is 5.69 Å². The summed E-state index contributed by atoms with van der Waals surface area (Å²) in [5.41, 5.74) is 3.94. The molecule has 0 radical (unpaired) electrons. The molecule has 5 heteroatoms. The molecule has 2 aromatic carbocycles. The molecule has 5 nitrogen and oxygen atoms in total. The van der Waals surface area contributed by atoms with Gasteiger partial charge in [0.1, 0.15) is 24.1 Å². The summed E-state index contributed by atoms with van der Waals surface area (Å²) in [5.74, 6) is 0.801. The van der Waals surface area contributed by atoms with Crippen LogP contribution in [0.15, 0.2) is 48.5 Å². The van der Waals surface area contributed by atoms with Crippen LogP contribution < -0.4 is 4.74 Å². The SMILES string of the molecule is Cc1ccc(C)c(OCc2c(C#N)nnn2-c2ccccc2)c1. The van der Waals surface area contributed by atoms with Gasteiger partial charge in [-0.2, -0.15) is 5.26 Å². The minimum Gasteiger partial charge on any atom is -0.487 e. The van der Waals surface area contributed by atoms with Crippen LogP contribution in [-0.2, 0) is 6.61 Å². The Hall–Kier alpha value is -3.13. The molecule has 0 N–H and O–H groups in total. The molecule has 23 heavy (non-hydrogen) atoms. The van der Waals surface area contributed by atoms with Crippen LogP contribution in [0.25, 0.3) is 5.69 Å². The lowest BCUT2D eigenvalue weighted by Gasteiger charge is -2.11. The predicted octanol–water partition coefficient (Wildman–Crippen LogP) is 3.33. The largest absolute Gasteiger partial charge is 0.487 e. The van der Waals surface area contributed by atoms with Gasteiger partial charge in [-0.15, -0.1) is 5.10 Å². The quantitative estimate of drug-likeness (QED) is 0.741. The summed E-state index contributed by atoms with van der Waals surface area (Å²) < 4.78 is 7.56. The normalized spacial score (nSPS) is 10.3. The Labute approximate surface area is 134 Å². The van der Waals surface area contributed by atoms with E-state index in [4.69, 9.17) is 4.74 Å². The maximum absolute atomic E-state index is 9.25. The highest BCUT2D eigenvalue weighted by atomic mass is 16.5. The highest BCUT2D eigenvalue weighted by molar-refractivity contribution is 5.38. The maximum atomic E-state index is 9.25. The first-order valence-corrected chi connectivity index (χ1v) is 7.29. The third-order valence-corrected chi connectivity index (χ3v) is 3.58. The molecule has 1 heterocycles. The number of nitrogens with zero attached hydrogens (tertiary/aromatic N) is 4. The lowest BCUT2D eigenvalue weighted by Crippen LogP contribution is -2.07. The summed E-state index contributed by atoms with van der Waals surface area (Å²) in [5, 5.41) is 17.3. The van der Waals surface area contributed by atoms with Gasteiger partial charge in [0.2, 0.25) is 0 Å². The summed E-state index contributed by atoms with van der Waals surface area (Å²) in [4.78, 5) is 0. The van der Waals surface area contributed by atoms with Crippen LogP contribution in [-0.4, -0.2) is 15.0 Å². The van der Waals surface area contributed by atoms with Crippen molar-refractivity contribution >= 4 is 0 Å². The number of aryl methyl sites for hydroxylation is 2. The number of para-hydroxylation sites is 1. The summed E-state index contributed by atoms with van der Waals surface area (Å²) in [7, 11) is 0.